The fourth-order valence-electron chi connectivity index (χ4n) is 3.98. The van der Waals surface area contributed by atoms with Gasteiger partial charge in [0.15, 0.2) is 5.82 Å². The van der Waals surface area contributed by atoms with Crippen molar-refractivity contribution in [2.24, 2.45) is 17.6 Å². The number of nitrogens with two attached hydrogens (primary N) is 1. The highest BCUT2D eigenvalue weighted by atomic mass is 19.4. The average Bonchev–Trinajstić information content (AvgIpc) is 3.16. The summed E-state index contributed by atoms with van der Waals surface area (Å²) in [6.07, 6.45) is -5.12. The van der Waals surface area contributed by atoms with E-state index < -0.39 is 47.9 Å². The zero-order chi connectivity index (χ0) is 24.5. The van der Waals surface area contributed by atoms with Crippen LogP contribution in [0.25, 0.3) is 0 Å². The number of hydrogen-bond acceptors (Lipinski definition) is 5. The Labute approximate surface area is 185 Å². The number of carboxylic acid groups (broad SMARTS) is 1. The molecule has 2 aromatic rings. The summed E-state index contributed by atoms with van der Waals surface area (Å²) in [5.41, 5.74) is 5.67. The maximum Gasteiger partial charge on any atom is 0.407 e. The van der Waals surface area contributed by atoms with Crippen LogP contribution >= 0.6 is 0 Å². The van der Waals surface area contributed by atoms with E-state index in [1.54, 1.807) is 0 Å². The second-order valence-electron chi connectivity index (χ2n) is 7.68. The molecule has 9 nitrogen and oxygen atoms in total. The molecule has 1 aromatic carbocycles. The Morgan fingerprint density at radius 1 is 1.33 bits per heavy atom. The highest BCUT2D eigenvalue weighted by Gasteiger charge is 2.52. The predicted molar refractivity (Wildman–Crippen MR) is 107 cm³/mol. The zero-order valence-electron chi connectivity index (χ0n) is 17.3. The number of anilines is 2. The molecule has 4 N–H and O–H groups in total. The molecule has 13 heteroatoms. The van der Waals surface area contributed by atoms with Crippen LogP contribution in [-0.4, -0.2) is 50.6 Å². The summed E-state index contributed by atoms with van der Waals surface area (Å²) in [4.78, 5) is 24.2. The van der Waals surface area contributed by atoms with E-state index in [-0.39, 0.29) is 24.3 Å². The van der Waals surface area contributed by atoms with E-state index in [1.165, 1.54) is 30.5 Å². The van der Waals surface area contributed by atoms with Crippen LogP contribution in [0.15, 0.2) is 30.5 Å². The number of carbonyl (C=O) groups is 2. The van der Waals surface area contributed by atoms with Crippen molar-refractivity contribution in [3.05, 3.63) is 41.8 Å². The molecule has 1 aromatic heterocycles. The van der Waals surface area contributed by atoms with Crippen molar-refractivity contribution in [1.29, 1.82) is 5.26 Å². The standard InChI is InChI=1S/C20H20F4N6O3/c1-10(20(22,23)24)16-13(8-25)15(6-7-29(16)19(32)33)30-9-14(17(26)31)18(28-30)27-12-4-2-11(21)3-5-12/h2-5,9-10,13,15-16H,6-7H2,1H3,(H2,26,31)(H,27,28)(H,32,33)/t10?,13-,15-,16?/m1/s1. The Bertz CT molecular complexity index is 1080. The Morgan fingerprint density at radius 3 is 2.48 bits per heavy atom. The summed E-state index contributed by atoms with van der Waals surface area (Å²) in [6, 6.07) is 4.26. The number of nitrogens with one attached hydrogen (secondary N) is 1. The molecule has 3 rings (SSSR count). The van der Waals surface area contributed by atoms with Gasteiger partial charge in [-0.3, -0.25) is 9.48 Å². The smallest absolute Gasteiger partial charge is 0.407 e. The molecule has 1 aliphatic rings. The second-order valence-corrected chi connectivity index (χ2v) is 7.68. The Morgan fingerprint density at radius 2 is 1.97 bits per heavy atom. The van der Waals surface area contributed by atoms with Crippen LogP contribution in [-0.2, 0) is 0 Å². The molecule has 0 aliphatic carbocycles. The van der Waals surface area contributed by atoms with Crippen molar-refractivity contribution < 1.29 is 32.3 Å². The molecule has 0 saturated carbocycles. The number of aromatic nitrogens is 2. The first-order valence-electron chi connectivity index (χ1n) is 9.81. The minimum absolute atomic E-state index is 0.0124. The number of alkyl halides is 3. The number of nitriles is 1. The summed E-state index contributed by atoms with van der Waals surface area (Å²) >= 11 is 0. The normalized spacial score (nSPS) is 21.8. The quantitative estimate of drug-likeness (QED) is 0.575. The van der Waals surface area contributed by atoms with Crippen LogP contribution in [0.5, 0.6) is 0 Å². The second kappa shape index (κ2) is 8.97. The number of nitrogens with zero attached hydrogens (tertiary/aromatic N) is 4. The topological polar surface area (TPSA) is 137 Å². The Hall–Kier alpha value is -3.82. The molecule has 0 radical (unpaired) electrons. The van der Waals surface area contributed by atoms with Crippen LogP contribution < -0.4 is 11.1 Å². The number of likely N-dealkylation sites (tertiary alicyclic amines) is 1. The van der Waals surface area contributed by atoms with Gasteiger partial charge in [0.2, 0.25) is 0 Å². The van der Waals surface area contributed by atoms with Gasteiger partial charge in [0.25, 0.3) is 5.91 Å². The lowest BCUT2D eigenvalue weighted by Gasteiger charge is -2.44. The van der Waals surface area contributed by atoms with Crippen molar-refractivity contribution in [2.75, 3.05) is 11.9 Å². The molecule has 0 bridgehead atoms. The minimum atomic E-state index is -4.74. The summed E-state index contributed by atoms with van der Waals surface area (Å²) in [6.45, 7) is 0.558. The van der Waals surface area contributed by atoms with E-state index in [2.05, 4.69) is 10.4 Å². The number of halogens is 4. The lowest BCUT2D eigenvalue weighted by Crippen LogP contribution is -2.56. The van der Waals surface area contributed by atoms with Crippen molar-refractivity contribution in [2.45, 2.75) is 31.6 Å². The highest BCUT2D eigenvalue weighted by molar-refractivity contribution is 5.98. The first-order chi connectivity index (χ1) is 15.4. The lowest BCUT2D eigenvalue weighted by molar-refractivity contribution is -0.192. The summed E-state index contributed by atoms with van der Waals surface area (Å²) in [7, 11) is 0. The molecule has 0 spiro atoms. The number of rotatable bonds is 5. The molecule has 33 heavy (non-hydrogen) atoms. The third kappa shape index (κ3) is 4.84. The largest absolute Gasteiger partial charge is 0.465 e. The van der Waals surface area contributed by atoms with Gasteiger partial charge in [0, 0.05) is 18.4 Å². The van der Waals surface area contributed by atoms with Crippen LogP contribution in [0, 0.1) is 29.0 Å². The number of benzene rings is 1. The Kier molecular flexibility index (Phi) is 6.48. The molecule has 2 amide bonds. The third-order valence-electron chi connectivity index (χ3n) is 5.68. The van der Waals surface area contributed by atoms with E-state index in [4.69, 9.17) is 5.73 Å². The van der Waals surface area contributed by atoms with Crippen LogP contribution in [0.4, 0.5) is 33.9 Å². The fourth-order valence-corrected chi connectivity index (χ4v) is 3.98. The van der Waals surface area contributed by atoms with Gasteiger partial charge in [-0.25, -0.2) is 9.18 Å². The fraction of sp³-hybridized carbons (Fsp3) is 0.400. The summed E-state index contributed by atoms with van der Waals surface area (Å²) in [5.74, 6) is -4.95. The van der Waals surface area contributed by atoms with Gasteiger partial charge >= 0.3 is 12.3 Å². The number of carbonyl (C=O) groups excluding carboxylic acids is 1. The van der Waals surface area contributed by atoms with Gasteiger partial charge in [0.05, 0.1) is 30.0 Å². The minimum Gasteiger partial charge on any atom is -0.465 e. The van der Waals surface area contributed by atoms with E-state index in [0.29, 0.717) is 10.6 Å². The van der Waals surface area contributed by atoms with Gasteiger partial charge in [-0.2, -0.15) is 23.5 Å². The summed E-state index contributed by atoms with van der Waals surface area (Å²) < 4.78 is 54.8. The number of primary amides is 1. The zero-order valence-corrected chi connectivity index (χ0v) is 17.3. The van der Waals surface area contributed by atoms with Crippen molar-refractivity contribution in [3.8, 4) is 6.07 Å². The molecule has 1 fully saturated rings. The van der Waals surface area contributed by atoms with Crippen molar-refractivity contribution in [3.63, 3.8) is 0 Å². The number of piperidine rings is 1. The van der Waals surface area contributed by atoms with E-state index >= 15 is 0 Å². The van der Waals surface area contributed by atoms with Gasteiger partial charge in [-0.15, -0.1) is 0 Å². The van der Waals surface area contributed by atoms with Crippen molar-refractivity contribution in [1.82, 2.24) is 14.7 Å². The van der Waals surface area contributed by atoms with E-state index in [9.17, 15) is 37.5 Å². The maximum absolute atomic E-state index is 13.5. The first kappa shape index (κ1) is 23.8. The van der Waals surface area contributed by atoms with Crippen molar-refractivity contribution >= 4 is 23.5 Å². The van der Waals surface area contributed by atoms with Gasteiger partial charge in [-0.1, -0.05) is 6.92 Å². The third-order valence-corrected chi connectivity index (χ3v) is 5.68. The van der Waals surface area contributed by atoms with Gasteiger partial charge in [0.1, 0.15) is 11.4 Å². The SMILES string of the molecule is CC(C1[C@H](C#N)[C@H](n2cc(C(N)=O)c(Nc3ccc(F)cc3)n2)CCN1C(=O)O)C(F)(F)F. The van der Waals surface area contributed by atoms with Crippen LogP contribution in [0.3, 0.4) is 0 Å². The molecular weight excluding hydrogens is 448 g/mol. The van der Waals surface area contributed by atoms with Crippen LogP contribution in [0.1, 0.15) is 29.7 Å². The first-order valence-corrected chi connectivity index (χ1v) is 9.81. The lowest BCUT2D eigenvalue weighted by atomic mass is 9.79. The molecule has 1 saturated heterocycles. The summed E-state index contributed by atoms with van der Waals surface area (Å²) in [5, 5.41) is 26.2. The Balaban J connectivity index is 2.00. The average molecular weight is 468 g/mol. The predicted octanol–water partition coefficient (Wildman–Crippen LogP) is 3.50. The number of amides is 2. The molecule has 2 unspecified atom stereocenters. The van der Waals surface area contributed by atoms with Gasteiger partial charge in [-0.05, 0) is 30.7 Å². The maximum atomic E-state index is 13.5. The molecule has 1 aliphatic heterocycles. The van der Waals surface area contributed by atoms with Gasteiger partial charge < -0.3 is 21.1 Å². The number of hydrogen-bond donors (Lipinski definition) is 3. The van der Waals surface area contributed by atoms with Crippen LogP contribution in [0.2, 0.25) is 0 Å². The molecular formula is C20H20F4N6O3. The highest BCUT2D eigenvalue weighted by Crippen LogP contribution is 2.42. The molecule has 2 heterocycles. The molecule has 176 valence electrons. The van der Waals surface area contributed by atoms with E-state index in [0.717, 1.165) is 11.6 Å². The van der Waals surface area contributed by atoms with E-state index in [1.807, 2.05) is 6.07 Å². The monoisotopic (exact) mass is 468 g/mol. The molecule has 4 atom stereocenters.